The number of nitrogens with one attached hydrogen (secondary N) is 1. The zero-order valence-electron chi connectivity index (χ0n) is 16.6. The van der Waals surface area contributed by atoms with Gasteiger partial charge in [0.05, 0.1) is 11.4 Å². The van der Waals surface area contributed by atoms with E-state index in [1.165, 1.54) is 0 Å². The molecule has 0 unspecified atom stereocenters. The Labute approximate surface area is 178 Å². The van der Waals surface area contributed by atoms with Crippen molar-refractivity contribution in [1.82, 2.24) is 9.78 Å². The number of nitrogens with zero attached hydrogens (tertiary/aromatic N) is 2. The van der Waals surface area contributed by atoms with Crippen LogP contribution in [0.5, 0.6) is 0 Å². The van der Waals surface area contributed by atoms with Crippen LogP contribution in [0.4, 0.5) is 5.69 Å². The van der Waals surface area contributed by atoms with E-state index in [9.17, 15) is 9.59 Å². The minimum absolute atomic E-state index is 0.279. The molecule has 3 aromatic rings. The van der Waals surface area contributed by atoms with Gasteiger partial charge in [-0.05, 0) is 73.3 Å². The van der Waals surface area contributed by atoms with Gasteiger partial charge in [0.1, 0.15) is 0 Å². The van der Waals surface area contributed by atoms with Crippen molar-refractivity contribution in [2.45, 2.75) is 24.7 Å². The van der Waals surface area contributed by atoms with Gasteiger partial charge in [0.25, 0.3) is 5.91 Å². The summed E-state index contributed by atoms with van der Waals surface area (Å²) in [5.74, 6) is -0.551. The van der Waals surface area contributed by atoms with Gasteiger partial charge in [-0.15, -0.1) is 0 Å². The Bertz CT molecular complexity index is 1060. The maximum atomic E-state index is 12.0. The van der Waals surface area contributed by atoms with E-state index in [4.69, 9.17) is 16.6 Å². The highest BCUT2D eigenvalue weighted by molar-refractivity contribution is 7.97. The Hall–Kier alpha value is -3.14. The topological polar surface area (TPSA) is 142 Å². The van der Waals surface area contributed by atoms with Gasteiger partial charge in [-0.3, -0.25) is 14.7 Å². The number of primary amides is 1. The second kappa shape index (κ2) is 9.57. The number of carbonyl (C=O) groups is 2. The van der Waals surface area contributed by atoms with Crippen LogP contribution in [0.1, 0.15) is 28.5 Å². The van der Waals surface area contributed by atoms with Gasteiger partial charge in [0, 0.05) is 21.7 Å². The van der Waals surface area contributed by atoms with E-state index >= 15 is 0 Å². The summed E-state index contributed by atoms with van der Waals surface area (Å²) in [5, 5.41) is 12.8. The lowest BCUT2D eigenvalue weighted by atomic mass is 9.88. The minimum Gasteiger partial charge on any atom is -0.364 e. The van der Waals surface area contributed by atoms with Crippen LogP contribution < -0.4 is 21.9 Å². The molecule has 1 heterocycles. The van der Waals surface area contributed by atoms with Crippen molar-refractivity contribution in [3.05, 3.63) is 59.3 Å². The molecule has 9 heteroatoms. The Kier molecular flexibility index (Phi) is 6.88. The number of benzene rings is 2. The van der Waals surface area contributed by atoms with E-state index in [0.717, 1.165) is 57.9 Å². The van der Waals surface area contributed by atoms with E-state index in [1.807, 2.05) is 49.4 Å². The van der Waals surface area contributed by atoms with Crippen LogP contribution in [0, 0.1) is 0 Å². The van der Waals surface area contributed by atoms with Crippen molar-refractivity contribution in [2.24, 2.45) is 16.6 Å². The summed E-state index contributed by atoms with van der Waals surface area (Å²) < 4.78 is 1.74. The molecule has 8 nitrogen and oxygen atoms in total. The van der Waals surface area contributed by atoms with E-state index in [-0.39, 0.29) is 5.69 Å². The standard InChI is InChI=1S/C19H17N5O2S.C2H7N/c20-19(26)17-15-8-2-11-1-3-12(22-10-25)9-16(11)18(15)24(23-17)13-4-6-14(27-21)7-5-13;1-2-3/h1,3-7,9-10H,2,8,21H2,(H2,20,26)(H,22,25);2-3H2,1H3. The molecule has 2 aromatic carbocycles. The monoisotopic (exact) mass is 424 g/mol. The van der Waals surface area contributed by atoms with Gasteiger partial charge >= 0.3 is 0 Å². The molecule has 0 saturated carbocycles. The number of amides is 2. The summed E-state index contributed by atoms with van der Waals surface area (Å²) >= 11 is 1.16. The number of nitrogens with two attached hydrogens (primary N) is 3. The number of anilines is 1. The molecule has 1 aliphatic rings. The largest absolute Gasteiger partial charge is 0.364 e. The number of hydrogen-bond acceptors (Lipinski definition) is 6. The molecule has 156 valence electrons. The molecule has 0 radical (unpaired) electrons. The second-order valence-electron chi connectivity index (χ2n) is 6.61. The molecule has 1 aliphatic carbocycles. The molecule has 0 fully saturated rings. The predicted molar refractivity (Wildman–Crippen MR) is 119 cm³/mol. The van der Waals surface area contributed by atoms with Crippen molar-refractivity contribution in [1.29, 1.82) is 0 Å². The van der Waals surface area contributed by atoms with Crippen LogP contribution in [0.25, 0.3) is 16.9 Å². The molecular formula is C21H24N6O2S. The first-order valence-electron chi connectivity index (χ1n) is 9.46. The summed E-state index contributed by atoms with van der Waals surface area (Å²) in [6, 6.07) is 13.3. The predicted octanol–water partition coefficient (Wildman–Crippen LogP) is 2.24. The molecule has 1 aromatic heterocycles. The lowest BCUT2D eigenvalue weighted by Crippen LogP contribution is -2.15. The highest BCUT2D eigenvalue weighted by Crippen LogP contribution is 2.38. The van der Waals surface area contributed by atoms with E-state index in [0.29, 0.717) is 18.5 Å². The van der Waals surface area contributed by atoms with Gasteiger partial charge in [-0.25, -0.2) is 4.68 Å². The maximum absolute atomic E-state index is 12.0. The van der Waals surface area contributed by atoms with Gasteiger partial charge in [0.2, 0.25) is 6.41 Å². The minimum atomic E-state index is -0.551. The third kappa shape index (κ3) is 4.23. The number of carbonyl (C=O) groups excluding carboxylic acids is 2. The van der Waals surface area contributed by atoms with Crippen molar-refractivity contribution >= 4 is 30.0 Å². The molecule has 7 N–H and O–H groups in total. The van der Waals surface area contributed by atoms with Crippen LogP contribution in [-0.2, 0) is 17.6 Å². The number of rotatable bonds is 5. The lowest BCUT2D eigenvalue weighted by Gasteiger charge is -2.19. The number of hydrogen-bond donors (Lipinski definition) is 4. The quantitative estimate of drug-likeness (QED) is 0.365. The molecule has 0 atom stereocenters. The first-order chi connectivity index (χ1) is 14.5. The zero-order valence-corrected chi connectivity index (χ0v) is 17.4. The highest BCUT2D eigenvalue weighted by Gasteiger charge is 2.28. The summed E-state index contributed by atoms with van der Waals surface area (Å²) in [6.07, 6.45) is 2.09. The van der Waals surface area contributed by atoms with Crippen LogP contribution in [0.15, 0.2) is 47.4 Å². The number of fused-ring (bicyclic) bond motifs is 3. The van der Waals surface area contributed by atoms with Crippen LogP contribution in [0.2, 0.25) is 0 Å². The maximum Gasteiger partial charge on any atom is 0.269 e. The third-order valence-corrected chi connectivity index (χ3v) is 5.21. The second-order valence-corrected chi connectivity index (χ2v) is 7.31. The fourth-order valence-corrected chi connectivity index (χ4v) is 3.74. The van der Waals surface area contributed by atoms with E-state index in [1.54, 1.807) is 4.68 Å². The Balaban J connectivity index is 0.000000806. The van der Waals surface area contributed by atoms with Gasteiger partial charge in [-0.1, -0.05) is 13.0 Å². The van der Waals surface area contributed by atoms with Crippen LogP contribution in [0.3, 0.4) is 0 Å². The first-order valence-corrected chi connectivity index (χ1v) is 10.3. The van der Waals surface area contributed by atoms with Crippen molar-refractivity contribution in [2.75, 3.05) is 11.9 Å². The smallest absolute Gasteiger partial charge is 0.269 e. The molecular weight excluding hydrogens is 400 g/mol. The lowest BCUT2D eigenvalue weighted by molar-refractivity contribution is -0.105. The van der Waals surface area contributed by atoms with Crippen LogP contribution >= 0.6 is 11.9 Å². The van der Waals surface area contributed by atoms with Gasteiger partial charge < -0.3 is 16.8 Å². The van der Waals surface area contributed by atoms with Gasteiger partial charge in [-0.2, -0.15) is 5.10 Å². The average molecular weight is 425 g/mol. The summed E-state index contributed by atoms with van der Waals surface area (Å²) in [7, 11) is 0. The summed E-state index contributed by atoms with van der Waals surface area (Å²) in [5.41, 5.74) is 15.9. The molecule has 0 spiro atoms. The molecule has 4 rings (SSSR count). The van der Waals surface area contributed by atoms with Crippen LogP contribution in [-0.4, -0.2) is 28.6 Å². The fraction of sp³-hybridized carbons (Fsp3) is 0.190. The summed E-state index contributed by atoms with van der Waals surface area (Å²) in [4.78, 5) is 23.7. The zero-order chi connectivity index (χ0) is 21.7. The van der Waals surface area contributed by atoms with E-state index < -0.39 is 5.91 Å². The van der Waals surface area contributed by atoms with Crippen molar-refractivity contribution < 1.29 is 9.59 Å². The Morgan fingerprint density at radius 1 is 1.23 bits per heavy atom. The molecule has 0 saturated heterocycles. The van der Waals surface area contributed by atoms with Gasteiger partial charge in [0.15, 0.2) is 5.69 Å². The fourth-order valence-electron chi connectivity index (χ4n) is 3.45. The molecule has 0 aliphatic heterocycles. The van der Waals surface area contributed by atoms with Crippen molar-refractivity contribution in [3.8, 4) is 16.9 Å². The average Bonchev–Trinajstić information content (AvgIpc) is 3.15. The molecule has 2 amide bonds. The highest BCUT2D eigenvalue weighted by atomic mass is 32.2. The third-order valence-electron chi connectivity index (χ3n) is 4.67. The number of aromatic nitrogens is 2. The van der Waals surface area contributed by atoms with Crippen molar-refractivity contribution in [3.63, 3.8) is 0 Å². The molecule has 0 bridgehead atoms. The molecule has 30 heavy (non-hydrogen) atoms. The Morgan fingerprint density at radius 2 is 1.93 bits per heavy atom. The first kappa shape index (κ1) is 21.6. The SMILES string of the molecule is CCN.NSc1ccc(-n2nc(C(N)=O)c3c2-c2cc(NC=O)ccc2CC3)cc1. The van der Waals surface area contributed by atoms with E-state index in [2.05, 4.69) is 10.4 Å². The Morgan fingerprint density at radius 3 is 2.53 bits per heavy atom. The normalized spacial score (nSPS) is 11.6. The summed E-state index contributed by atoms with van der Waals surface area (Å²) in [6.45, 7) is 2.65. The number of aryl methyl sites for hydroxylation is 1.